The van der Waals surface area contributed by atoms with Crippen LogP contribution in [-0.2, 0) is 6.54 Å². The number of fused-ring (bicyclic) bond motifs is 3. The number of carbonyl (C=O) groups is 1. The fourth-order valence-electron chi connectivity index (χ4n) is 3.38. The summed E-state index contributed by atoms with van der Waals surface area (Å²) in [5.41, 5.74) is 6.55. The summed E-state index contributed by atoms with van der Waals surface area (Å²) in [6, 6.07) is 3.80. The van der Waals surface area contributed by atoms with Gasteiger partial charge in [-0.25, -0.2) is 15.0 Å². The van der Waals surface area contributed by atoms with E-state index in [-0.39, 0.29) is 17.1 Å². The molecule has 0 unspecified atom stereocenters. The van der Waals surface area contributed by atoms with Crippen LogP contribution >= 0.6 is 0 Å². The Morgan fingerprint density at radius 1 is 1.35 bits per heavy atom. The van der Waals surface area contributed by atoms with Crippen molar-refractivity contribution in [2.75, 3.05) is 44.9 Å². The van der Waals surface area contributed by atoms with E-state index in [1.807, 2.05) is 23.7 Å². The van der Waals surface area contributed by atoms with Gasteiger partial charge in [0, 0.05) is 30.9 Å². The van der Waals surface area contributed by atoms with Crippen LogP contribution in [0.3, 0.4) is 0 Å². The zero-order chi connectivity index (χ0) is 21.8. The predicted octanol–water partition coefficient (Wildman–Crippen LogP) is 0.572. The third-order valence-electron chi connectivity index (χ3n) is 4.85. The molecule has 1 amide bonds. The number of anilines is 2. The van der Waals surface area contributed by atoms with Crippen molar-refractivity contribution in [3.8, 4) is 11.5 Å². The monoisotopic (exact) mass is 424 g/mol. The lowest BCUT2D eigenvalue weighted by Crippen LogP contribution is -2.25. The molecule has 0 bridgehead atoms. The Kier molecular flexibility index (Phi) is 5.94. The van der Waals surface area contributed by atoms with Crippen LogP contribution in [0.25, 0.3) is 10.9 Å². The summed E-state index contributed by atoms with van der Waals surface area (Å²) in [4.78, 5) is 29.2. The average molecular weight is 424 g/mol. The number of ether oxygens (including phenoxy) is 2. The molecule has 11 nitrogen and oxygen atoms in total. The molecule has 2 aromatic heterocycles. The quantitative estimate of drug-likeness (QED) is 0.464. The van der Waals surface area contributed by atoms with Crippen LogP contribution < -0.4 is 31.5 Å². The first kappa shape index (κ1) is 20.5. The van der Waals surface area contributed by atoms with Gasteiger partial charge in [-0.05, 0) is 32.1 Å². The number of nitrogens with one attached hydrogen (secondary N) is 2. The minimum Gasteiger partial charge on any atom is -0.491 e. The van der Waals surface area contributed by atoms with Gasteiger partial charge < -0.3 is 25.8 Å². The molecule has 0 aliphatic carbocycles. The number of carbonyl (C=O) groups excluding carboxylic acids is 1. The molecule has 0 saturated carbocycles. The van der Waals surface area contributed by atoms with E-state index in [9.17, 15) is 4.79 Å². The lowest BCUT2D eigenvalue weighted by molar-refractivity contribution is 0.0996. The third kappa shape index (κ3) is 4.12. The number of nitrogens with zero attached hydrogens (tertiary/aromatic N) is 5. The van der Waals surface area contributed by atoms with Gasteiger partial charge in [0.2, 0.25) is 11.6 Å². The molecule has 0 fully saturated rings. The van der Waals surface area contributed by atoms with E-state index in [1.54, 1.807) is 7.11 Å². The van der Waals surface area contributed by atoms with Crippen molar-refractivity contribution in [1.29, 1.82) is 0 Å². The van der Waals surface area contributed by atoms with Gasteiger partial charge in [0.05, 0.1) is 19.3 Å². The first-order valence-corrected chi connectivity index (χ1v) is 9.91. The Morgan fingerprint density at radius 2 is 2.16 bits per heavy atom. The van der Waals surface area contributed by atoms with E-state index < -0.39 is 5.91 Å². The van der Waals surface area contributed by atoms with Gasteiger partial charge in [-0.2, -0.15) is 4.99 Å². The van der Waals surface area contributed by atoms with E-state index in [1.165, 1.54) is 12.4 Å². The van der Waals surface area contributed by atoms with E-state index in [2.05, 4.69) is 30.6 Å². The van der Waals surface area contributed by atoms with Gasteiger partial charge in [0.1, 0.15) is 11.3 Å². The van der Waals surface area contributed by atoms with Crippen LogP contribution in [0.1, 0.15) is 16.8 Å². The van der Waals surface area contributed by atoms with Crippen LogP contribution in [0, 0.1) is 0 Å². The predicted molar refractivity (Wildman–Crippen MR) is 115 cm³/mol. The number of hydrogen-bond donors (Lipinski definition) is 3. The molecule has 1 aromatic carbocycles. The normalized spacial score (nSPS) is 13.2. The van der Waals surface area contributed by atoms with Crippen LogP contribution in [0.15, 0.2) is 29.5 Å². The Bertz CT molecular complexity index is 1170. The topological polar surface area (TPSA) is 142 Å². The van der Waals surface area contributed by atoms with Crippen LogP contribution in [0.5, 0.6) is 11.5 Å². The number of rotatable bonds is 7. The van der Waals surface area contributed by atoms with E-state index in [0.29, 0.717) is 36.7 Å². The molecule has 1 aliphatic rings. The number of methoxy groups -OCH3 is 1. The highest BCUT2D eigenvalue weighted by atomic mass is 16.5. The summed E-state index contributed by atoms with van der Waals surface area (Å²) in [7, 11) is 3.47. The standard InChI is InChI=1S/C20H24N8O3/c1-22-6-3-9-31-14-5-4-13-15(16(14)30-2)26-20(28-8-7-23-17(13)28)27-18(29)12-10-24-19(21)25-11-12/h4-5,10-11,22-23H,3,6-9H2,1-2H3,(H2,21,24,25). The number of aromatic nitrogens is 4. The molecule has 0 atom stereocenters. The maximum atomic E-state index is 12.7. The second-order valence-corrected chi connectivity index (χ2v) is 6.88. The average Bonchev–Trinajstić information content (AvgIpc) is 3.27. The third-order valence-corrected chi connectivity index (χ3v) is 4.85. The zero-order valence-electron chi connectivity index (χ0n) is 17.4. The van der Waals surface area contributed by atoms with Gasteiger partial charge in [0.25, 0.3) is 5.91 Å². The number of nitrogen functional groups attached to an aromatic ring is 1. The van der Waals surface area contributed by atoms with Crippen molar-refractivity contribution in [3.05, 3.63) is 35.7 Å². The summed E-state index contributed by atoms with van der Waals surface area (Å²) in [5.74, 6) is 1.49. The van der Waals surface area contributed by atoms with Gasteiger partial charge in [-0.1, -0.05) is 0 Å². The second kappa shape index (κ2) is 8.96. The van der Waals surface area contributed by atoms with Crippen molar-refractivity contribution in [2.45, 2.75) is 13.0 Å². The maximum Gasteiger partial charge on any atom is 0.283 e. The number of amides is 1. The zero-order valence-corrected chi connectivity index (χ0v) is 17.4. The highest BCUT2D eigenvalue weighted by Crippen LogP contribution is 2.37. The largest absolute Gasteiger partial charge is 0.491 e. The molecule has 162 valence electrons. The molecule has 31 heavy (non-hydrogen) atoms. The maximum absolute atomic E-state index is 12.7. The molecule has 1 aliphatic heterocycles. The molecule has 11 heteroatoms. The molecule has 4 rings (SSSR count). The molecule has 3 heterocycles. The van der Waals surface area contributed by atoms with Crippen molar-refractivity contribution in [2.24, 2.45) is 4.99 Å². The SMILES string of the molecule is CNCCCOc1ccc2c3n(c(=NC(=O)c4cnc(N)nc4)nc2c1OC)CCN3. The highest BCUT2D eigenvalue weighted by Gasteiger charge is 2.21. The molecule has 0 saturated heterocycles. The van der Waals surface area contributed by atoms with E-state index in [4.69, 9.17) is 15.2 Å². The molecular weight excluding hydrogens is 400 g/mol. The van der Waals surface area contributed by atoms with Crippen molar-refractivity contribution >= 4 is 28.6 Å². The molecule has 4 N–H and O–H groups in total. The first-order chi connectivity index (χ1) is 15.1. The van der Waals surface area contributed by atoms with Crippen molar-refractivity contribution in [3.63, 3.8) is 0 Å². The summed E-state index contributed by atoms with van der Waals surface area (Å²) in [6.45, 7) is 2.72. The highest BCUT2D eigenvalue weighted by molar-refractivity contribution is 5.96. The molecular formula is C20H24N8O3. The Balaban J connectivity index is 1.80. The summed E-state index contributed by atoms with van der Waals surface area (Å²) < 4.78 is 13.4. The Hall–Kier alpha value is -3.73. The van der Waals surface area contributed by atoms with Crippen LogP contribution in [-0.4, -0.2) is 59.3 Å². The molecule has 3 aromatic rings. The van der Waals surface area contributed by atoms with Gasteiger partial charge in [-0.15, -0.1) is 0 Å². The van der Waals surface area contributed by atoms with Gasteiger partial charge in [0.15, 0.2) is 11.5 Å². The molecule has 0 spiro atoms. The fourth-order valence-corrected chi connectivity index (χ4v) is 3.38. The number of nitrogens with two attached hydrogens (primary N) is 1. The summed E-state index contributed by atoms with van der Waals surface area (Å²) in [5, 5.41) is 7.29. The number of benzene rings is 1. The Labute approximate surface area is 178 Å². The fraction of sp³-hybridized carbons (Fsp3) is 0.350. The lowest BCUT2D eigenvalue weighted by Gasteiger charge is -2.15. The first-order valence-electron chi connectivity index (χ1n) is 9.91. The van der Waals surface area contributed by atoms with Crippen molar-refractivity contribution in [1.82, 2.24) is 24.8 Å². The molecule has 0 radical (unpaired) electrons. The van der Waals surface area contributed by atoms with E-state index in [0.717, 1.165) is 24.2 Å². The number of hydrogen-bond acceptors (Lipinski definition) is 9. The minimum absolute atomic E-state index is 0.0897. The van der Waals surface area contributed by atoms with Gasteiger partial charge in [-0.3, -0.25) is 9.36 Å². The smallest absolute Gasteiger partial charge is 0.283 e. The van der Waals surface area contributed by atoms with Crippen LogP contribution in [0.4, 0.5) is 11.8 Å². The minimum atomic E-state index is -0.508. The van der Waals surface area contributed by atoms with Gasteiger partial charge >= 0.3 is 0 Å². The van der Waals surface area contributed by atoms with Crippen molar-refractivity contribution < 1.29 is 14.3 Å². The van der Waals surface area contributed by atoms with Crippen LogP contribution in [0.2, 0.25) is 0 Å². The second-order valence-electron chi connectivity index (χ2n) is 6.88. The Morgan fingerprint density at radius 3 is 2.90 bits per heavy atom. The summed E-state index contributed by atoms with van der Waals surface area (Å²) >= 11 is 0. The van der Waals surface area contributed by atoms with E-state index >= 15 is 0 Å². The summed E-state index contributed by atoms with van der Waals surface area (Å²) in [6.07, 6.45) is 3.54. The lowest BCUT2D eigenvalue weighted by atomic mass is 10.2.